The molecule has 10 heavy (non-hydrogen) atoms. The number of aliphatic hydroxyl groups is 2. The third-order valence-electron chi connectivity index (χ3n) is 0.566. The molecule has 0 bridgehead atoms. The second kappa shape index (κ2) is 11.1. The van der Waals surface area contributed by atoms with Gasteiger partial charge in [0.15, 0.2) is 0 Å². The van der Waals surface area contributed by atoms with Gasteiger partial charge in [0.25, 0.3) is 0 Å². The second-order valence-corrected chi connectivity index (χ2v) is 1.25. The molecule has 0 saturated carbocycles. The average molecular weight is 149 g/mol. The first-order chi connectivity index (χ1) is 3.81. The minimum absolute atomic E-state index is 0. The van der Waals surface area contributed by atoms with Crippen LogP contribution in [0.1, 0.15) is 14.9 Å². The molecule has 5 heteroatoms. The van der Waals surface area contributed by atoms with Crippen molar-refractivity contribution in [2.75, 3.05) is 13.2 Å². The van der Waals surface area contributed by atoms with Crippen molar-refractivity contribution in [3.8, 4) is 0 Å². The Kier molecular flexibility index (Phi) is 17.9. The van der Waals surface area contributed by atoms with E-state index in [1.165, 1.54) is 0 Å². The maximum atomic E-state index is 8.47. The summed E-state index contributed by atoms with van der Waals surface area (Å²) >= 11 is 0. The maximum Gasteiger partial charge on any atom is 0.0827 e. The van der Waals surface area contributed by atoms with E-state index < -0.39 is 6.10 Å². The van der Waals surface area contributed by atoms with Crippen LogP contribution in [0, 0.1) is 0 Å². The van der Waals surface area contributed by atoms with Crippen LogP contribution in [-0.4, -0.2) is 29.5 Å². The lowest BCUT2D eigenvalue weighted by atomic mass is 10.4. The summed E-state index contributed by atoms with van der Waals surface area (Å²) < 4.78 is 0. The van der Waals surface area contributed by atoms with Crippen molar-refractivity contribution in [2.24, 2.45) is 5.11 Å². The Balaban J connectivity index is -0.000000245. The largest absolute Gasteiger partial charge is 0.394 e. The molecule has 0 aliphatic rings. The highest BCUT2D eigenvalue weighted by Crippen LogP contribution is 1.80. The maximum absolute atomic E-state index is 8.47. The molecule has 0 heterocycles. The van der Waals surface area contributed by atoms with E-state index in [2.05, 4.69) is 10.0 Å². The number of hydrogen-bond acceptors (Lipinski definition) is 3. The normalized spacial score (nSPS) is 9.80. The Labute approximate surface area is 60.9 Å². The SMILES string of the molecule is C.C.[N-]=[N+]=NCC(O)CO. The van der Waals surface area contributed by atoms with Crippen LogP contribution in [0.25, 0.3) is 10.4 Å². The molecule has 0 spiro atoms. The zero-order valence-corrected chi connectivity index (χ0v) is 4.23. The van der Waals surface area contributed by atoms with Crippen molar-refractivity contribution in [3.05, 3.63) is 10.4 Å². The number of aliphatic hydroxyl groups excluding tert-OH is 2. The van der Waals surface area contributed by atoms with Crippen molar-refractivity contribution in [2.45, 2.75) is 21.0 Å². The molecule has 0 amide bonds. The predicted molar refractivity (Wildman–Crippen MR) is 40.6 cm³/mol. The van der Waals surface area contributed by atoms with E-state index in [-0.39, 0.29) is 28.0 Å². The van der Waals surface area contributed by atoms with Crippen molar-refractivity contribution in [1.29, 1.82) is 0 Å². The van der Waals surface area contributed by atoms with E-state index in [9.17, 15) is 0 Å². The monoisotopic (exact) mass is 149 g/mol. The summed E-state index contributed by atoms with van der Waals surface area (Å²) in [4.78, 5) is 2.38. The summed E-state index contributed by atoms with van der Waals surface area (Å²) in [5, 5.41) is 19.6. The minimum Gasteiger partial charge on any atom is -0.394 e. The Bertz CT molecular complexity index is 101. The van der Waals surface area contributed by atoms with E-state index in [0.717, 1.165) is 0 Å². The van der Waals surface area contributed by atoms with Gasteiger partial charge in [0.05, 0.1) is 19.3 Å². The van der Waals surface area contributed by atoms with Gasteiger partial charge in [-0.2, -0.15) is 0 Å². The smallest absolute Gasteiger partial charge is 0.0827 e. The topological polar surface area (TPSA) is 89.2 Å². The molecule has 0 fully saturated rings. The standard InChI is InChI=1S/C3H7N3O2.2CH4/c4-6-5-1-3(8)2-7;;/h3,7-8H,1-2H2;2*1H4. The number of nitrogens with zero attached hydrogens (tertiary/aromatic N) is 3. The highest BCUT2D eigenvalue weighted by molar-refractivity contribution is 4.55. The highest BCUT2D eigenvalue weighted by Gasteiger charge is 1.95. The lowest BCUT2D eigenvalue weighted by Crippen LogP contribution is -2.14. The first-order valence-electron chi connectivity index (χ1n) is 2.11. The third kappa shape index (κ3) is 10.3. The Morgan fingerprint density at radius 2 is 2.00 bits per heavy atom. The predicted octanol–water partition coefficient (Wildman–Crippen LogP) is 0.922. The quantitative estimate of drug-likeness (QED) is 0.355. The molecule has 62 valence electrons. The highest BCUT2D eigenvalue weighted by atomic mass is 16.3. The molecule has 0 aromatic carbocycles. The molecule has 2 N–H and O–H groups in total. The van der Waals surface area contributed by atoms with E-state index in [1.54, 1.807) is 0 Å². The summed E-state index contributed by atoms with van der Waals surface area (Å²) in [6, 6.07) is 0. The Morgan fingerprint density at radius 1 is 1.50 bits per heavy atom. The van der Waals surface area contributed by atoms with Crippen LogP contribution < -0.4 is 0 Å². The van der Waals surface area contributed by atoms with Crippen LogP contribution in [0.15, 0.2) is 5.11 Å². The van der Waals surface area contributed by atoms with Gasteiger partial charge in [0, 0.05) is 4.91 Å². The van der Waals surface area contributed by atoms with Gasteiger partial charge in [-0.05, 0) is 5.53 Å². The molecular formula is C5H15N3O2. The fraction of sp³-hybridized carbons (Fsp3) is 1.00. The van der Waals surface area contributed by atoms with Gasteiger partial charge >= 0.3 is 0 Å². The molecule has 0 aliphatic carbocycles. The minimum atomic E-state index is -0.911. The Morgan fingerprint density at radius 3 is 2.30 bits per heavy atom. The summed E-state index contributed by atoms with van der Waals surface area (Å²) in [6.45, 7) is -0.425. The Hall–Kier alpha value is -0.770. The van der Waals surface area contributed by atoms with Crippen LogP contribution in [-0.2, 0) is 0 Å². The summed E-state index contributed by atoms with van der Waals surface area (Å²) in [5.74, 6) is 0. The van der Waals surface area contributed by atoms with Gasteiger partial charge in [-0.25, -0.2) is 0 Å². The zero-order valence-electron chi connectivity index (χ0n) is 4.23. The van der Waals surface area contributed by atoms with Gasteiger partial charge in [0.2, 0.25) is 0 Å². The van der Waals surface area contributed by atoms with E-state index in [1.807, 2.05) is 0 Å². The van der Waals surface area contributed by atoms with Gasteiger partial charge in [-0.1, -0.05) is 20.0 Å². The molecule has 0 rings (SSSR count). The summed E-state index contributed by atoms with van der Waals surface area (Å²) in [5.41, 5.74) is 7.68. The summed E-state index contributed by atoms with van der Waals surface area (Å²) in [7, 11) is 0. The van der Waals surface area contributed by atoms with Crippen LogP contribution in [0.4, 0.5) is 0 Å². The molecular weight excluding hydrogens is 134 g/mol. The number of azide groups is 1. The van der Waals surface area contributed by atoms with Crippen molar-refractivity contribution in [3.63, 3.8) is 0 Å². The molecule has 0 aromatic heterocycles. The van der Waals surface area contributed by atoms with Crippen molar-refractivity contribution in [1.82, 2.24) is 0 Å². The molecule has 5 nitrogen and oxygen atoms in total. The van der Waals surface area contributed by atoms with Gasteiger partial charge < -0.3 is 10.2 Å². The average Bonchev–Trinajstić information content (AvgIpc) is 1.83. The number of rotatable bonds is 3. The van der Waals surface area contributed by atoms with Crippen molar-refractivity contribution >= 4 is 0 Å². The van der Waals surface area contributed by atoms with Crippen LogP contribution in [0.5, 0.6) is 0 Å². The molecule has 1 unspecified atom stereocenters. The first-order valence-corrected chi connectivity index (χ1v) is 2.11. The molecule has 0 radical (unpaired) electrons. The van der Waals surface area contributed by atoms with Crippen LogP contribution in [0.2, 0.25) is 0 Å². The fourth-order valence-corrected chi connectivity index (χ4v) is 0.188. The van der Waals surface area contributed by atoms with E-state index >= 15 is 0 Å². The fourth-order valence-electron chi connectivity index (χ4n) is 0.188. The first kappa shape index (κ1) is 16.1. The van der Waals surface area contributed by atoms with Crippen molar-refractivity contribution < 1.29 is 10.2 Å². The second-order valence-electron chi connectivity index (χ2n) is 1.25. The van der Waals surface area contributed by atoms with Gasteiger partial charge in [-0.15, -0.1) is 0 Å². The van der Waals surface area contributed by atoms with Gasteiger partial charge in [-0.3, -0.25) is 0 Å². The lowest BCUT2D eigenvalue weighted by molar-refractivity contribution is 0.102. The molecule has 0 aromatic rings. The third-order valence-corrected chi connectivity index (χ3v) is 0.566. The van der Waals surface area contributed by atoms with Crippen LogP contribution >= 0.6 is 0 Å². The molecule has 1 atom stereocenters. The van der Waals surface area contributed by atoms with Crippen LogP contribution in [0.3, 0.4) is 0 Å². The molecule has 0 saturated heterocycles. The zero-order chi connectivity index (χ0) is 6.41. The van der Waals surface area contributed by atoms with E-state index in [0.29, 0.717) is 0 Å². The molecule has 0 aliphatic heterocycles. The van der Waals surface area contributed by atoms with Gasteiger partial charge in [0.1, 0.15) is 0 Å². The van der Waals surface area contributed by atoms with E-state index in [4.69, 9.17) is 15.7 Å². The number of hydrogen-bond donors (Lipinski definition) is 2. The lowest BCUT2D eigenvalue weighted by Gasteiger charge is -1.97. The summed E-state index contributed by atoms with van der Waals surface area (Å²) in [6.07, 6.45) is -0.911.